The van der Waals surface area contributed by atoms with Crippen molar-refractivity contribution in [2.45, 2.75) is 6.92 Å². The Morgan fingerprint density at radius 1 is 1.62 bits per heavy atom. The van der Waals surface area contributed by atoms with E-state index in [1.54, 1.807) is 25.3 Å². The first-order valence-electron chi connectivity index (χ1n) is 3.72. The number of hydrogen-bond donors (Lipinski definition) is 2. The van der Waals surface area contributed by atoms with Crippen molar-refractivity contribution in [3.05, 3.63) is 30.0 Å². The van der Waals surface area contributed by atoms with E-state index < -0.39 is 5.97 Å². The van der Waals surface area contributed by atoms with Gasteiger partial charge < -0.3 is 10.8 Å². The minimum absolute atomic E-state index is 0.423. The van der Waals surface area contributed by atoms with Gasteiger partial charge in [0.1, 0.15) is 5.82 Å². The zero-order valence-corrected chi connectivity index (χ0v) is 7.19. The van der Waals surface area contributed by atoms with Gasteiger partial charge in [-0.25, -0.2) is 9.78 Å². The molecule has 0 unspecified atom stereocenters. The summed E-state index contributed by atoms with van der Waals surface area (Å²) in [5.41, 5.74) is 6.79. The van der Waals surface area contributed by atoms with Crippen LogP contribution in [-0.2, 0) is 4.79 Å². The third-order valence-electron chi connectivity index (χ3n) is 1.58. The number of carboxylic acids is 1. The summed E-state index contributed by atoms with van der Waals surface area (Å²) in [6.45, 7) is 1.71. The Labute approximate surface area is 75.7 Å². The summed E-state index contributed by atoms with van der Waals surface area (Å²) in [5, 5.41) is 8.48. The first-order chi connectivity index (χ1) is 6.09. The minimum atomic E-state index is -0.964. The molecule has 1 aromatic heterocycles. The summed E-state index contributed by atoms with van der Waals surface area (Å²) in [7, 11) is 0. The molecule has 1 heterocycles. The maximum absolute atomic E-state index is 10.3. The predicted molar refractivity (Wildman–Crippen MR) is 49.9 cm³/mol. The highest BCUT2D eigenvalue weighted by atomic mass is 16.4. The van der Waals surface area contributed by atoms with Crippen LogP contribution in [0.2, 0.25) is 0 Å². The van der Waals surface area contributed by atoms with Gasteiger partial charge in [-0.1, -0.05) is 0 Å². The number of carboxylic acid groups (broad SMARTS) is 1. The monoisotopic (exact) mass is 178 g/mol. The third-order valence-corrected chi connectivity index (χ3v) is 1.58. The first-order valence-corrected chi connectivity index (χ1v) is 3.72. The van der Waals surface area contributed by atoms with Crippen LogP contribution in [0.5, 0.6) is 0 Å². The van der Waals surface area contributed by atoms with Gasteiger partial charge >= 0.3 is 5.97 Å². The van der Waals surface area contributed by atoms with Gasteiger partial charge in [-0.2, -0.15) is 0 Å². The molecule has 0 aliphatic carbocycles. The van der Waals surface area contributed by atoms with E-state index in [1.165, 1.54) is 0 Å². The fourth-order valence-electron chi connectivity index (χ4n) is 0.907. The van der Waals surface area contributed by atoms with Gasteiger partial charge in [0.25, 0.3) is 0 Å². The van der Waals surface area contributed by atoms with Gasteiger partial charge in [-0.3, -0.25) is 0 Å². The summed E-state index contributed by atoms with van der Waals surface area (Å²) in [4.78, 5) is 14.2. The molecule has 0 atom stereocenters. The Kier molecular flexibility index (Phi) is 2.64. The molecule has 0 aromatic carbocycles. The highest BCUT2D eigenvalue weighted by Gasteiger charge is 1.98. The molecule has 0 amide bonds. The molecule has 0 saturated heterocycles. The molecular formula is C9H10N2O2. The van der Waals surface area contributed by atoms with Crippen LogP contribution in [-0.4, -0.2) is 16.1 Å². The van der Waals surface area contributed by atoms with Crippen LogP contribution in [0.3, 0.4) is 0 Å². The van der Waals surface area contributed by atoms with E-state index in [1.807, 2.05) is 0 Å². The molecule has 1 aromatic rings. The number of aliphatic carboxylic acids is 1. The molecule has 0 aliphatic rings. The second-order valence-corrected chi connectivity index (χ2v) is 2.64. The average molecular weight is 178 g/mol. The molecule has 68 valence electrons. The topological polar surface area (TPSA) is 76.2 Å². The molecule has 13 heavy (non-hydrogen) atoms. The Hall–Kier alpha value is -1.84. The lowest BCUT2D eigenvalue weighted by Gasteiger charge is -1.99. The molecule has 0 spiro atoms. The van der Waals surface area contributed by atoms with Crippen LogP contribution in [0.4, 0.5) is 5.82 Å². The van der Waals surface area contributed by atoms with Crippen LogP contribution >= 0.6 is 0 Å². The second kappa shape index (κ2) is 3.71. The molecule has 4 nitrogen and oxygen atoms in total. The fourth-order valence-corrected chi connectivity index (χ4v) is 0.907. The van der Waals surface area contributed by atoms with Crippen LogP contribution in [0.25, 0.3) is 5.57 Å². The molecule has 0 radical (unpaired) electrons. The number of hydrogen-bond acceptors (Lipinski definition) is 3. The number of pyridine rings is 1. The zero-order valence-electron chi connectivity index (χ0n) is 7.19. The van der Waals surface area contributed by atoms with Gasteiger partial charge in [0.2, 0.25) is 0 Å². The molecule has 3 N–H and O–H groups in total. The Bertz CT molecular complexity index is 341. The van der Waals surface area contributed by atoms with Gasteiger partial charge in [0, 0.05) is 12.3 Å². The number of anilines is 1. The highest BCUT2D eigenvalue weighted by Crippen LogP contribution is 2.12. The van der Waals surface area contributed by atoms with E-state index in [0.29, 0.717) is 11.4 Å². The van der Waals surface area contributed by atoms with E-state index in [4.69, 9.17) is 10.8 Å². The summed E-state index contributed by atoms with van der Waals surface area (Å²) in [6, 6.07) is 3.37. The van der Waals surface area contributed by atoms with Gasteiger partial charge in [-0.05, 0) is 30.2 Å². The Balaban J connectivity index is 2.96. The molecule has 4 heteroatoms. The maximum Gasteiger partial charge on any atom is 0.328 e. The van der Waals surface area contributed by atoms with Gasteiger partial charge in [0.05, 0.1) is 0 Å². The van der Waals surface area contributed by atoms with Crippen molar-refractivity contribution in [2.24, 2.45) is 0 Å². The maximum atomic E-state index is 10.3. The molecule has 1 rings (SSSR count). The first kappa shape index (κ1) is 9.25. The quantitative estimate of drug-likeness (QED) is 0.666. The van der Waals surface area contributed by atoms with E-state index in [9.17, 15) is 4.79 Å². The number of rotatable bonds is 2. The molecule has 0 aliphatic heterocycles. The summed E-state index contributed by atoms with van der Waals surface area (Å²) >= 11 is 0. The minimum Gasteiger partial charge on any atom is -0.478 e. The average Bonchev–Trinajstić information content (AvgIpc) is 2.04. The number of carbonyl (C=O) groups is 1. The van der Waals surface area contributed by atoms with Crippen LogP contribution in [0.15, 0.2) is 24.4 Å². The molecular weight excluding hydrogens is 168 g/mol. The van der Waals surface area contributed by atoms with Crippen LogP contribution in [0.1, 0.15) is 12.5 Å². The van der Waals surface area contributed by atoms with E-state index in [2.05, 4.69) is 4.98 Å². The van der Waals surface area contributed by atoms with E-state index >= 15 is 0 Å². The van der Waals surface area contributed by atoms with Crippen molar-refractivity contribution in [3.8, 4) is 0 Å². The predicted octanol–water partition coefficient (Wildman–Crippen LogP) is 1.15. The van der Waals surface area contributed by atoms with Gasteiger partial charge in [-0.15, -0.1) is 0 Å². The highest BCUT2D eigenvalue weighted by molar-refractivity contribution is 5.89. The van der Waals surface area contributed by atoms with Gasteiger partial charge in [0.15, 0.2) is 0 Å². The molecule has 0 bridgehead atoms. The van der Waals surface area contributed by atoms with Crippen LogP contribution in [0, 0.1) is 0 Å². The SMILES string of the molecule is C/C(=C/C(=O)O)c1ccc(N)nc1. The van der Waals surface area contributed by atoms with Crippen molar-refractivity contribution in [1.29, 1.82) is 0 Å². The summed E-state index contributed by atoms with van der Waals surface area (Å²) in [6.07, 6.45) is 2.68. The van der Waals surface area contributed by atoms with Crippen LogP contribution < -0.4 is 5.73 Å². The number of allylic oxidation sites excluding steroid dienone is 1. The van der Waals surface area contributed by atoms with Crippen molar-refractivity contribution < 1.29 is 9.90 Å². The summed E-state index contributed by atoms with van der Waals surface area (Å²) < 4.78 is 0. The van der Waals surface area contributed by atoms with E-state index in [0.717, 1.165) is 11.6 Å². The number of nitrogens with zero attached hydrogens (tertiary/aromatic N) is 1. The Morgan fingerprint density at radius 2 is 2.31 bits per heavy atom. The smallest absolute Gasteiger partial charge is 0.328 e. The zero-order chi connectivity index (χ0) is 9.84. The third kappa shape index (κ3) is 2.59. The second-order valence-electron chi connectivity index (χ2n) is 2.64. The summed E-state index contributed by atoms with van der Waals surface area (Å²) in [5.74, 6) is -0.541. The van der Waals surface area contributed by atoms with Crippen molar-refractivity contribution >= 4 is 17.4 Å². The largest absolute Gasteiger partial charge is 0.478 e. The standard InChI is InChI=1S/C9H10N2O2/c1-6(4-9(12)13)7-2-3-8(10)11-5-7/h2-5H,1H3,(H2,10,11)(H,12,13)/b6-4-. The van der Waals surface area contributed by atoms with E-state index in [-0.39, 0.29) is 0 Å². The lowest BCUT2D eigenvalue weighted by atomic mass is 10.1. The fraction of sp³-hybridized carbons (Fsp3) is 0.111. The molecule has 0 fully saturated rings. The van der Waals surface area contributed by atoms with Crippen molar-refractivity contribution in [2.75, 3.05) is 5.73 Å². The number of nitrogens with two attached hydrogens (primary N) is 1. The molecule has 0 saturated carbocycles. The lowest BCUT2D eigenvalue weighted by Crippen LogP contribution is -1.92. The number of nitrogen functional groups attached to an aromatic ring is 1. The normalized spacial score (nSPS) is 11.3. The number of aromatic nitrogens is 1. The van der Waals surface area contributed by atoms with Crippen molar-refractivity contribution in [3.63, 3.8) is 0 Å². The van der Waals surface area contributed by atoms with Crippen molar-refractivity contribution in [1.82, 2.24) is 4.98 Å². The lowest BCUT2D eigenvalue weighted by molar-refractivity contribution is -0.131. The Morgan fingerprint density at radius 3 is 2.77 bits per heavy atom.